The molecule has 1 amide bonds. The monoisotopic (exact) mass is 236 g/mol. The van der Waals surface area contributed by atoms with Gasteiger partial charge in [0.15, 0.2) is 5.58 Å². The first kappa shape index (κ1) is 11.1. The molecular weight excluding hydrogens is 230 g/mol. The molecule has 2 heterocycles. The molecule has 0 radical (unpaired) electrons. The topological polar surface area (TPSA) is 69.1 Å². The van der Waals surface area contributed by atoms with Crippen LogP contribution in [0.1, 0.15) is 16.1 Å². The third-order valence-electron chi connectivity index (χ3n) is 2.03. The Morgan fingerprint density at radius 2 is 2.29 bits per heavy atom. The zero-order chi connectivity index (χ0) is 12.4. The van der Waals surface area contributed by atoms with Crippen molar-refractivity contribution >= 4 is 16.9 Å². The maximum absolute atomic E-state index is 11.9. The van der Waals surface area contributed by atoms with E-state index in [0.29, 0.717) is 11.0 Å². The predicted octanol–water partition coefficient (Wildman–Crippen LogP) is 1.54. The van der Waals surface area contributed by atoms with Crippen molar-refractivity contribution in [1.29, 1.82) is 0 Å². The summed E-state index contributed by atoms with van der Waals surface area (Å²) in [6, 6.07) is 1.36. The Bertz CT molecular complexity index is 638. The Balaban J connectivity index is 2.55. The molecule has 86 valence electrons. The van der Waals surface area contributed by atoms with Gasteiger partial charge in [-0.2, -0.15) is 8.78 Å². The molecule has 2 rings (SSSR count). The molecule has 0 atom stereocenters. The predicted molar refractivity (Wildman–Crippen MR) is 55.4 cm³/mol. The highest BCUT2D eigenvalue weighted by atomic mass is 19.3. The molecule has 0 unspecified atom stereocenters. The summed E-state index contributed by atoms with van der Waals surface area (Å²) in [6.07, 6.45) is -0.201. The summed E-state index contributed by atoms with van der Waals surface area (Å²) >= 11 is 0. The van der Waals surface area contributed by atoms with E-state index in [1.165, 1.54) is 18.5 Å². The summed E-state index contributed by atoms with van der Waals surface area (Å²) in [5.41, 5.74) is 5.71. The van der Waals surface area contributed by atoms with Crippen LogP contribution in [0.5, 0.6) is 0 Å². The second kappa shape index (κ2) is 4.22. The molecule has 2 aromatic rings. The number of aromatic nitrogens is 1. The van der Waals surface area contributed by atoms with Gasteiger partial charge in [0.25, 0.3) is 12.3 Å². The third kappa shape index (κ3) is 2.23. The lowest BCUT2D eigenvalue weighted by Gasteiger charge is -1.93. The fourth-order valence-corrected chi connectivity index (χ4v) is 1.30. The van der Waals surface area contributed by atoms with E-state index in [1.807, 2.05) is 0 Å². The molecule has 0 aromatic carbocycles. The highest BCUT2D eigenvalue weighted by Crippen LogP contribution is 2.20. The lowest BCUT2D eigenvalue weighted by molar-refractivity contribution is 0.0995. The van der Waals surface area contributed by atoms with E-state index in [0.717, 1.165) is 0 Å². The molecule has 2 aromatic heterocycles. The SMILES string of the molecule is NC(=O)c1cc2c(C#CC(F)F)coc2cn1. The summed E-state index contributed by atoms with van der Waals surface area (Å²) < 4.78 is 28.9. The van der Waals surface area contributed by atoms with Crippen LogP contribution in [0.15, 0.2) is 22.9 Å². The maximum atomic E-state index is 11.9. The number of furan rings is 1. The van der Waals surface area contributed by atoms with Crippen LogP contribution in [0.3, 0.4) is 0 Å². The highest BCUT2D eigenvalue weighted by molar-refractivity contribution is 5.95. The van der Waals surface area contributed by atoms with Gasteiger partial charge in [0.05, 0.1) is 11.8 Å². The molecule has 0 fully saturated rings. The summed E-state index contributed by atoms with van der Waals surface area (Å²) in [4.78, 5) is 14.7. The first-order valence-corrected chi connectivity index (χ1v) is 4.54. The number of pyridine rings is 1. The van der Waals surface area contributed by atoms with Gasteiger partial charge < -0.3 is 10.2 Å². The van der Waals surface area contributed by atoms with E-state index in [9.17, 15) is 13.6 Å². The van der Waals surface area contributed by atoms with Crippen LogP contribution >= 0.6 is 0 Å². The van der Waals surface area contributed by atoms with Gasteiger partial charge in [0.2, 0.25) is 0 Å². The smallest absolute Gasteiger partial charge is 0.299 e. The Labute approximate surface area is 94.4 Å². The summed E-state index contributed by atoms with van der Waals surface area (Å²) in [5, 5.41) is 0.432. The van der Waals surface area contributed by atoms with Gasteiger partial charge in [-0.3, -0.25) is 4.79 Å². The van der Waals surface area contributed by atoms with Crippen LogP contribution in [0.25, 0.3) is 11.0 Å². The second-order valence-corrected chi connectivity index (χ2v) is 3.15. The van der Waals surface area contributed by atoms with Crippen LogP contribution in [-0.4, -0.2) is 17.3 Å². The zero-order valence-electron chi connectivity index (χ0n) is 8.41. The van der Waals surface area contributed by atoms with Gasteiger partial charge in [-0.1, -0.05) is 5.92 Å². The number of alkyl halides is 2. The summed E-state index contributed by atoms with van der Waals surface area (Å²) in [7, 11) is 0. The van der Waals surface area contributed by atoms with Gasteiger partial charge in [0, 0.05) is 5.39 Å². The number of amides is 1. The molecule has 6 heteroatoms. The number of fused-ring (bicyclic) bond motifs is 1. The van der Waals surface area contributed by atoms with E-state index in [1.54, 1.807) is 5.92 Å². The van der Waals surface area contributed by atoms with Crippen molar-refractivity contribution in [3.8, 4) is 11.8 Å². The molecular formula is C11H6F2N2O2. The van der Waals surface area contributed by atoms with E-state index < -0.39 is 12.3 Å². The van der Waals surface area contributed by atoms with Crippen molar-refractivity contribution in [3.05, 3.63) is 29.8 Å². The van der Waals surface area contributed by atoms with Crippen molar-refractivity contribution in [2.75, 3.05) is 0 Å². The minimum atomic E-state index is -2.72. The minimum Gasteiger partial charge on any atom is -0.461 e. The van der Waals surface area contributed by atoms with E-state index in [2.05, 4.69) is 10.9 Å². The van der Waals surface area contributed by atoms with Crippen LogP contribution in [0, 0.1) is 11.8 Å². The van der Waals surface area contributed by atoms with Crippen molar-refractivity contribution in [3.63, 3.8) is 0 Å². The van der Waals surface area contributed by atoms with E-state index >= 15 is 0 Å². The Morgan fingerprint density at radius 3 is 2.94 bits per heavy atom. The summed E-state index contributed by atoms with van der Waals surface area (Å²) in [6.45, 7) is 0. The first-order valence-electron chi connectivity index (χ1n) is 4.54. The molecule has 17 heavy (non-hydrogen) atoms. The van der Waals surface area contributed by atoms with Crippen LogP contribution < -0.4 is 5.73 Å². The van der Waals surface area contributed by atoms with Gasteiger partial charge in [-0.15, -0.1) is 0 Å². The lowest BCUT2D eigenvalue weighted by atomic mass is 10.2. The number of hydrogen-bond acceptors (Lipinski definition) is 3. The number of rotatable bonds is 1. The Morgan fingerprint density at radius 1 is 1.53 bits per heavy atom. The van der Waals surface area contributed by atoms with Crippen molar-refractivity contribution < 1.29 is 18.0 Å². The number of carbonyl (C=O) groups is 1. The Hall–Kier alpha value is -2.42. The molecule has 0 bridgehead atoms. The van der Waals surface area contributed by atoms with Crippen molar-refractivity contribution in [2.45, 2.75) is 6.43 Å². The number of nitrogens with zero attached hydrogens (tertiary/aromatic N) is 1. The fourth-order valence-electron chi connectivity index (χ4n) is 1.30. The van der Waals surface area contributed by atoms with Crippen molar-refractivity contribution in [1.82, 2.24) is 4.98 Å². The van der Waals surface area contributed by atoms with Gasteiger partial charge in [-0.25, -0.2) is 4.98 Å². The van der Waals surface area contributed by atoms with Gasteiger partial charge >= 0.3 is 0 Å². The number of carbonyl (C=O) groups excluding carboxylic acids is 1. The Kier molecular flexibility index (Phi) is 2.75. The van der Waals surface area contributed by atoms with Gasteiger partial charge in [0.1, 0.15) is 12.0 Å². The van der Waals surface area contributed by atoms with Gasteiger partial charge in [-0.05, 0) is 12.0 Å². The fraction of sp³-hybridized carbons (Fsp3) is 0.0909. The molecule has 2 N–H and O–H groups in total. The molecule has 0 spiro atoms. The quantitative estimate of drug-likeness (QED) is 0.763. The van der Waals surface area contributed by atoms with E-state index in [4.69, 9.17) is 10.2 Å². The van der Waals surface area contributed by atoms with Crippen LogP contribution in [-0.2, 0) is 0 Å². The van der Waals surface area contributed by atoms with Crippen molar-refractivity contribution in [2.24, 2.45) is 5.73 Å². The molecule has 4 nitrogen and oxygen atoms in total. The third-order valence-corrected chi connectivity index (χ3v) is 2.03. The van der Waals surface area contributed by atoms with Crippen LogP contribution in [0.2, 0.25) is 0 Å². The number of primary amides is 1. The minimum absolute atomic E-state index is 0.0268. The largest absolute Gasteiger partial charge is 0.461 e. The first-order chi connectivity index (χ1) is 8.08. The number of nitrogens with two attached hydrogens (primary N) is 1. The molecule has 0 saturated heterocycles. The van der Waals surface area contributed by atoms with E-state index in [-0.39, 0.29) is 11.3 Å². The lowest BCUT2D eigenvalue weighted by Crippen LogP contribution is -2.12. The zero-order valence-corrected chi connectivity index (χ0v) is 8.41. The average Bonchev–Trinajstić information content (AvgIpc) is 2.68. The number of halogens is 2. The maximum Gasteiger partial charge on any atom is 0.299 e. The molecule has 0 aliphatic rings. The molecule has 0 aliphatic heterocycles. The van der Waals surface area contributed by atoms with Crippen LogP contribution in [0.4, 0.5) is 8.78 Å². The number of hydrogen-bond donors (Lipinski definition) is 1. The standard InChI is InChI=1S/C11H6F2N2O2/c12-10(13)2-1-6-5-17-9-4-15-8(11(14)16)3-7(6)9/h3-5,10H,(H2,14,16). The molecule has 0 saturated carbocycles. The normalized spacial score (nSPS) is 10.3. The second-order valence-electron chi connectivity index (χ2n) is 3.15. The average molecular weight is 236 g/mol. The molecule has 0 aliphatic carbocycles. The summed E-state index contributed by atoms with van der Waals surface area (Å²) in [5.74, 6) is 3.26. The highest BCUT2D eigenvalue weighted by Gasteiger charge is 2.09.